The molecule has 0 saturated carbocycles. The summed E-state index contributed by atoms with van der Waals surface area (Å²) in [5.74, 6) is -0.217. The molecule has 32 heavy (non-hydrogen) atoms. The number of benzene rings is 2. The normalized spacial score (nSPS) is 15.9. The third-order valence-electron chi connectivity index (χ3n) is 5.60. The number of nitrogens with zero attached hydrogens (tertiary/aromatic N) is 5. The highest BCUT2D eigenvalue weighted by molar-refractivity contribution is 7.89. The summed E-state index contributed by atoms with van der Waals surface area (Å²) in [6.07, 6.45) is 4.74. The van der Waals surface area contributed by atoms with Crippen molar-refractivity contribution in [3.05, 3.63) is 72.1 Å². The molecule has 1 aliphatic rings. The van der Waals surface area contributed by atoms with E-state index in [0.717, 1.165) is 30.4 Å². The summed E-state index contributed by atoms with van der Waals surface area (Å²) in [5.41, 5.74) is 1.81. The Kier molecular flexibility index (Phi) is 6.91. The van der Waals surface area contributed by atoms with Gasteiger partial charge in [0.05, 0.1) is 4.90 Å². The van der Waals surface area contributed by atoms with E-state index >= 15 is 0 Å². The average Bonchev–Trinajstić information content (AvgIpc) is 3.37. The average molecular weight is 455 g/mol. The van der Waals surface area contributed by atoms with Crippen LogP contribution >= 0.6 is 0 Å². The lowest BCUT2D eigenvalue weighted by Crippen LogP contribution is -2.35. The Hall–Kier alpha value is -3.11. The number of aromatic nitrogens is 4. The molecule has 4 rings (SSSR count). The predicted octanol–water partition coefficient (Wildman–Crippen LogP) is 1.95. The fourth-order valence-corrected chi connectivity index (χ4v) is 5.31. The number of nitrogens with one attached hydrogen (secondary N) is 1. The van der Waals surface area contributed by atoms with Gasteiger partial charge >= 0.3 is 0 Å². The van der Waals surface area contributed by atoms with Gasteiger partial charge in [-0.05, 0) is 46.5 Å². The van der Waals surface area contributed by atoms with Gasteiger partial charge in [-0.2, -0.15) is 4.31 Å². The van der Waals surface area contributed by atoms with Crippen molar-refractivity contribution in [2.24, 2.45) is 0 Å². The Bertz CT molecular complexity index is 1110. The van der Waals surface area contributed by atoms with E-state index in [9.17, 15) is 13.2 Å². The van der Waals surface area contributed by atoms with Crippen molar-refractivity contribution < 1.29 is 13.2 Å². The Morgan fingerprint density at radius 3 is 2.34 bits per heavy atom. The molecule has 1 atom stereocenters. The minimum Gasteiger partial charge on any atom is -0.350 e. The van der Waals surface area contributed by atoms with E-state index < -0.39 is 16.1 Å². The van der Waals surface area contributed by atoms with E-state index in [1.165, 1.54) is 11.0 Å². The molecule has 0 bridgehead atoms. The molecule has 2 heterocycles. The van der Waals surface area contributed by atoms with Crippen LogP contribution in [0.1, 0.15) is 36.4 Å². The van der Waals surface area contributed by atoms with E-state index in [-0.39, 0.29) is 17.3 Å². The maximum absolute atomic E-state index is 12.9. The van der Waals surface area contributed by atoms with E-state index in [1.54, 1.807) is 28.6 Å². The van der Waals surface area contributed by atoms with Crippen LogP contribution < -0.4 is 5.32 Å². The number of sulfonamides is 1. The largest absolute Gasteiger partial charge is 0.350 e. The second-order valence-corrected chi connectivity index (χ2v) is 9.76. The summed E-state index contributed by atoms with van der Waals surface area (Å²) < 4.78 is 28.6. The van der Waals surface area contributed by atoms with Crippen LogP contribution in [0.15, 0.2) is 65.8 Å². The van der Waals surface area contributed by atoms with Crippen LogP contribution in [0.4, 0.5) is 0 Å². The lowest BCUT2D eigenvalue weighted by molar-refractivity contribution is -0.124. The maximum Gasteiger partial charge on any atom is 0.245 e. The molecule has 9 nitrogen and oxygen atoms in total. The van der Waals surface area contributed by atoms with Crippen molar-refractivity contribution in [3.8, 4) is 0 Å². The quantitative estimate of drug-likeness (QED) is 0.557. The fourth-order valence-electron chi connectivity index (χ4n) is 3.80. The zero-order chi connectivity index (χ0) is 22.4. The first-order chi connectivity index (χ1) is 15.5. The minimum absolute atomic E-state index is 0.217. The monoisotopic (exact) mass is 454 g/mol. The van der Waals surface area contributed by atoms with Gasteiger partial charge in [0.2, 0.25) is 15.9 Å². The number of rotatable bonds is 8. The highest BCUT2D eigenvalue weighted by Gasteiger charge is 2.26. The van der Waals surface area contributed by atoms with Crippen LogP contribution in [0.2, 0.25) is 0 Å². The Labute approximate surface area is 187 Å². The van der Waals surface area contributed by atoms with Crippen LogP contribution in [0.5, 0.6) is 0 Å². The first kappa shape index (κ1) is 22.1. The summed E-state index contributed by atoms with van der Waals surface area (Å²) >= 11 is 0. The highest BCUT2D eigenvalue weighted by atomic mass is 32.2. The van der Waals surface area contributed by atoms with Gasteiger partial charge in [-0.25, -0.2) is 13.1 Å². The molecule has 10 heteroatoms. The number of tetrazole rings is 1. The van der Waals surface area contributed by atoms with Gasteiger partial charge in [-0.15, -0.1) is 5.10 Å². The molecule has 0 spiro atoms. The molecule has 168 valence electrons. The molecule has 1 aromatic heterocycles. The number of hydrogen-bond donors (Lipinski definition) is 1. The molecule has 3 aromatic rings. The molecule has 2 aromatic carbocycles. The molecular weight excluding hydrogens is 428 g/mol. The van der Waals surface area contributed by atoms with E-state index in [4.69, 9.17) is 0 Å². The number of carbonyl (C=O) groups is 1. The molecule has 1 unspecified atom stereocenters. The number of hydrogen-bond acceptors (Lipinski definition) is 6. The molecule has 1 aliphatic heterocycles. The second kappa shape index (κ2) is 10.0. The first-order valence-corrected chi connectivity index (χ1v) is 12.1. The molecule has 1 fully saturated rings. The number of amides is 1. The fraction of sp³-hybridized carbons (Fsp3) is 0.364. The lowest BCUT2D eigenvalue weighted by atomic mass is 10.1. The highest BCUT2D eigenvalue weighted by Crippen LogP contribution is 2.21. The summed E-state index contributed by atoms with van der Waals surface area (Å²) in [7, 11) is -3.47. The first-order valence-electron chi connectivity index (χ1n) is 10.7. The van der Waals surface area contributed by atoms with Crippen LogP contribution in [0, 0.1) is 0 Å². The van der Waals surface area contributed by atoms with Gasteiger partial charge in [0.15, 0.2) is 0 Å². The van der Waals surface area contributed by atoms with E-state index in [0.29, 0.717) is 19.5 Å². The van der Waals surface area contributed by atoms with Crippen molar-refractivity contribution in [1.82, 2.24) is 29.8 Å². The third-order valence-corrected chi connectivity index (χ3v) is 7.51. The van der Waals surface area contributed by atoms with Gasteiger partial charge in [-0.1, -0.05) is 48.9 Å². The predicted molar refractivity (Wildman–Crippen MR) is 118 cm³/mol. The van der Waals surface area contributed by atoms with Crippen molar-refractivity contribution in [1.29, 1.82) is 0 Å². The lowest BCUT2D eigenvalue weighted by Gasteiger charge is -2.25. The summed E-state index contributed by atoms with van der Waals surface area (Å²) in [4.78, 5) is 13.2. The third kappa shape index (κ3) is 5.20. The molecular formula is C22H26N6O3S. The van der Waals surface area contributed by atoms with Gasteiger partial charge in [-0.3, -0.25) is 4.79 Å². The van der Waals surface area contributed by atoms with E-state index in [2.05, 4.69) is 20.8 Å². The van der Waals surface area contributed by atoms with Crippen molar-refractivity contribution in [2.45, 2.75) is 43.2 Å². The summed E-state index contributed by atoms with van der Waals surface area (Å²) in [5, 5.41) is 14.1. The van der Waals surface area contributed by atoms with Gasteiger partial charge in [0, 0.05) is 26.1 Å². The number of carbonyl (C=O) groups excluding carboxylic acids is 1. The molecule has 1 N–H and O–H groups in total. The SMILES string of the molecule is O=C(NCc1ccc(S(=O)(=O)N2CCCCC2)cc1)C(Cc1ccccc1)n1cnnn1. The van der Waals surface area contributed by atoms with Gasteiger partial charge < -0.3 is 5.32 Å². The van der Waals surface area contributed by atoms with Crippen LogP contribution in [0.25, 0.3) is 0 Å². The summed E-state index contributed by atoms with van der Waals surface area (Å²) in [6.45, 7) is 1.41. The minimum atomic E-state index is -3.47. The zero-order valence-corrected chi connectivity index (χ0v) is 18.5. The maximum atomic E-state index is 12.9. The molecule has 0 aliphatic carbocycles. The van der Waals surface area contributed by atoms with Crippen molar-refractivity contribution >= 4 is 15.9 Å². The molecule has 1 saturated heterocycles. The summed E-state index contributed by atoms with van der Waals surface area (Å²) in [6, 6.07) is 15.8. The Morgan fingerprint density at radius 2 is 1.69 bits per heavy atom. The molecule has 0 radical (unpaired) electrons. The standard InChI is InChI=1S/C22H26N6O3S/c29-22(21(28-17-24-25-26-28)15-18-7-3-1-4-8-18)23-16-19-9-11-20(12-10-19)32(30,31)27-13-5-2-6-14-27/h1,3-4,7-12,17,21H,2,5-6,13-16H2,(H,23,29). The van der Waals surface area contributed by atoms with Crippen LogP contribution in [-0.2, 0) is 27.8 Å². The smallest absolute Gasteiger partial charge is 0.245 e. The number of piperidine rings is 1. The topological polar surface area (TPSA) is 110 Å². The van der Waals surface area contributed by atoms with E-state index in [1.807, 2.05) is 30.3 Å². The van der Waals surface area contributed by atoms with Crippen LogP contribution in [-0.4, -0.2) is 51.9 Å². The second-order valence-electron chi connectivity index (χ2n) is 7.82. The Balaban J connectivity index is 1.41. The molecule has 1 amide bonds. The van der Waals surface area contributed by atoms with Crippen LogP contribution in [0.3, 0.4) is 0 Å². The van der Waals surface area contributed by atoms with Gasteiger partial charge in [0.25, 0.3) is 0 Å². The zero-order valence-electron chi connectivity index (χ0n) is 17.7. The van der Waals surface area contributed by atoms with Crippen molar-refractivity contribution in [2.75, 3.05) is 13.1 Å². The Morgan fingerprint density at radius 1 is 0.969 bits per heavy atom. The van der Waals surface area contributed by atoms with Gasteiger partial charge in [0.1, 0.15) is 12.4 Å². The van der Waals surface area contributed by atoms with Crippen molar-refractivity contribution in [3.63, 3.8) is 0 Å².